The minimum atomic E-state index is -1.18. The number of Topliss-reactive ketones (excluding diaryl/α,β-unsaturated/α-hetero) is 1. The van der Waals surface area contributed by atoms with Crippen LogP contribution in [0.1, 0.15) is 36.3 Å². The third kappa shape index (κ3) is 5.45. The van der Waals surface area contributed by atoms with Crippen molar-refractivity contribution in [2.45, 2.75) is 50.8 Å². The largest absolute Gasteiger partial charge is 0.480 e. The molecule has 182 valence electrons. The maximum atomic E-state index is 12.0. The number of amides is 1. The zero-order valence-electron chi connectivity index (χ0n) is 18.5. The molecule has 11 heteroatoms. The number of carbonyl (C=O) groups excluding carboxylic acids is 2. The molecular weight excluding hydrogens is 450 g/mol. The highest BCUT2D eigenvalue weighted by atomic mass is 16.8. The van der Waals surface area contributed by atoms with E-state index in [0.717, 1.165) is 0 Å². The molecule has 0 radical (unpaired) electrons. The lowest BCUT2D eigenvalue weighted by Gasteiger charge is -2.48. The fraction of sp³-hybridized carbons (Fsp3) is 0.435. The number of carboxylic acid groups (broad SMARTS) is 1. The van der Waals surface area contributed by atoms with Crippen molar-refractivity contribution in [3.05, 3.63) is 54.0 Å². The molecule has 2 aliphatic rings. The van der Waals surface area contributed by atoms with Crippen LogP contribution in [-0.2, 0) is 28.5 Å². The molecule has 3 heterocycles. The van der Waals surface area contributed by atoms with E-state index in [4.69, 9.17) is 28.1 Å². The second kappa shape index (κ2) is 10.3. The Kier molecular flexibility index (Phi) is 7.27. The SMILES string of the molecule is CC(=O)NC1C(Oc2ccc(C(C)=O)cc2)OC2COC(c3ccco3)OC2C1OCC(=O)O. The Morgan fingerprint density at radius 1 is 1.12 bits per heavy atom. The average molecular weight is 475 g/mol. The van der Waals surface area contributed by atoms with Crippen LogP contribution in [0.15, 0.2) is 47.1 Å². The van der Waals surface area contributed by atoms with Crippen LogP contribution in [0, 0.1) is 0 Å². The molecule has 11 nitrogen and oxygen atoms in total. The van der Waals surface area contributed by atoms with Crippen LogP contribution < -0.4 is 10.1 Å². The lowest BCUT2D eigenvalue weighted by molar-refractivity contribution is -0.340. The summed E-state index contributed by atoms with van der Waals surface area (Å²) in [4.78, 5) is 34.8. The van der Waals surface area contributed by atoms with Gasteiger partial charge in [-0.2, -0.15) is 0 Å². The molecule has 4 rings (SSSR count). The second-order valence-corrected chi connectivity index (χ2v) is 7.92. The van der Waals surface area contributed by atoms with Crippen molar-refractivity contribution in [1.29, 1.82) is 0 Å². The van der Waals surface area contributed by atoms with E-state index in [1.165, 1.54) is 20.1 Å². The normalized spacial score (nSPS) is 28.5. The number of benzene rings is 1. The molecule has 34 heavy (non-hydrogen) atoms. The topological polar surface area (TPSA) is 143 Å². The van der Waals surface area contributed by atoms with Crippen molar-refractivity contribution in [2.24, 2.45) is 0 Å². The van der Waals surface area contributed by atoms with Crippen LogP contribution >= 0.6 is 0 Å². The number of aliphatic carboxylic acids is 1. The number of hydrogen-bond acceptors (Lipinski definition) is 9. The van der Waals surface area contributed by atoms with Crippen LogP contribution in [0.4, 0.5) is 0 Å². The van der Waals surface area contributed by atoms with E-state index in [-0.39, 0.29) is 12.4 Å². The monoisotopic (exact) mass is 475 g/mol. The van der Waals surface area contributed by atoms with Crippen molar-refractivity contribution >= 4 is 17.7 Å². The smallest absolute Gasteiger partial charge is 0.329 e. The number of carbonyl (C=O) groups is 3. The fourth-order valence-electron chi connectivity index (χ4n) is 3.90. The second-order valence-electron chi connectivity index (χ2n) is 7.92. The van der Waals surface area contributed by atoms with Crippen molar-refractivity contribution < 1.29 is 47.6 Å². The predicted molar refractivity (Wildman–Crippen MR) is 113 cm³/mol. The average Bonchev–Trinajstić information content (AvgIpc) is 3.33. The summed E-state index contributed by atoms with van der Waals surface area (Å²) in [6.45, 7) is 2.23. The van der Waals surface area contributed by atoms with E-state index >= 15 is 0 Å². The van der Waals surface area contributed by atoms with E-state index in [9.17, 15) is 19.5 Å². The van der Waals surface area contributed by atoms with E-state index in [1.54, 1.807) is 36.4 Å². The first-order valence-corrected chi connectivity index (χ1v) is 10.7. The number of ether oxygens (including phenoxy) is 5. The summed E-state index contributed by atoms with van der Waals surface area (Å²) in [5.74, 6) is -0.866. The van der Waals surface area contributed by atoms with E-state index < -0.39 is 55.4 Å². The van der Waals surface area contributed by atoms with Gasteiger partial charge in [-0.1, -0.05) is 0 Å². The lowest BCUT2D eigenvalue weighted by Crippen LogP contribution is -2.68. The molecule has 0 saturated carbocycles. The standard InChI is InChI=1S/C23H25NO10/c1-12(25)14-5-7-15(8-6-14)32-23-19(24-13(2)26)21(30-11-18(27)28)20-17(33-23)10-31-22(34-20)16-4-3-9-29-16/h3-9,17,19-23H,10-11H2,1-2H3,(H,24,26)(H,27,28). The molecule has 2 fully saturated rings. The molecule has 6 atom stereocenters. The molecule has 1 aromatic carbocycles. The predicted octanol–water partition coefficient (Wildman–Crippen LogP) is 1.67. The van der Waals surface area contributed by atoms with Gasteiger partial charge in [0.1, 0.15) is 36.7 Å². The highest BCUT2D eigenvalue weighted by Crippen LogP contribution is 2.36. The molecule has 2 aromatic rings. The van der Waals surface area contributed by atoms with Crippen molar-refractivity contribution in [3.63, 3.8) is 0 Å². The molecule has 0 spiro atoms. The molecule has 2 aliphatic heterocycles. The molecule has 2 N–H and O–H groups in total. The highest BCUT2D eigenvalue weighted by molar-refractivity contribution is 5.94. The van der Waals surface area contributed by atoms with Crippen LogP contribution in [0.25, 0.3) is 0 Å². The summed E-state index contributed by atoms with van der Waals surface area (Å²) in [5.41, 5.74) is 0.510. The summed E-state index contributed by atoms with van der Waals surface area (Å²) in [6, 6.07) is 8.87. The summed E-state index contributed by atoms with van der Waals surface area (Å²) >= 11 is 0. The maximum Gasteiger partial charge on any atom is 0.329 e. The van der Waals surface area contributed by atoms with Gasteiger partial charge in [-0.15, -0.1) is 0 Å². The first-order chi connectivity index (χ1) is 16.3. The molecule has 0 aliphatic carbocycles. The van der Waals surface area contributed by atoms with Gasteiger partial charge in [-0.05, 0) is 43.3 Å². The number of nitrogens with one attached hydrogen (secondary N) is 1. The van der Waals surface area contributed by atoms with Gasteiger partial charge in [0.25, 0.3) is 0 Å². The van der Waals surface area contributed by atoms with Gasteiger partial charge in [-0.25, -0.2) is 4.79 Å². The van der Waals surface area contributed by atoms with Crippen LogP contribution in [-0.4, -0.2) is 66.6 Å². The summed E-state index contributed by atoms with van der Waals surface area (Å²) in [5, 5.41) is 11.9. The summed E-state index contributed by atoms with van der Waals surface area (Å²) < 4.78 is 34.9. The zero-order valence-corrected chi connectivity index (χ0v) is 18.5. The van der Waals surface area contributed by atoms with E-state index in [1.807, 2.05) is 0 Å². The van der Waals surface area contributed by atoms with Gasteiger partial charge in [0, 0.05) is 12.5 Å². The Labute approximate surface area is 194 Å². The minimum Gasteiger partial charge on any atom is -0.480 e. The number of carboxylic acids is 1. The Bertz CT molecular complexity index is 1010. The number of rotatable bonds is 8. The van der Waals surface area contributed by atoms with Gasteiger partial charge in [0.05, 0.1) is 12.9 Å². The van der Waals surface area contributed by atoms with Gasteiger partial charge in [0.15, 0.2) is 11.5 Å². The Balaban J connectivity index is 1.60. The van der Waals surface area contributed by atoms with Gasteiger partial charge in [-0.3, -0.25) is 9.59 Å². The quantitative estimate of drug-likeness (QED) is 0.541. The minimum absolute atomic E-state index is 0.0822. The third-order valence-corrected chi connectivity index (χ3v) is 5.40. The summed E-state index contributed by atoms with van der Waals surface area (Å²) in [6.07, 6.45) is -2.85. The first-order valence-electron chi connectivity index (χ1n) is 10.7. The lowest BCUT2D eigenvalue weighted by atomic mass is 9.95. The molecule has 1 aromatic heterocycles. The Morgan fingerprint density at radius 2 is 1.88 bits per heavy atom. The van der Waals surface area contributed by atoms with Crippen molar-refractivity contribution in [1.82, 2.24) is 5.32 Å². The molecule has 0 bridgehead atoms. The van der Waals surface area contributed by atoms with Gasteiger partial charge < -0.3 is 38.5 Å². The van der Waals surface area contributed by atoms with E-state index in [0.29, 0.717) is 17.1 Å². The van der Waals surface area contributed by atoms with Crippen molar-refractivity contribution in [3.8, 4) is 5.75 Å². The first kappa shape index (κ1) is 23.9. The zero-order chi connectivity index (χ0) is 24.2. The van der Waals surface area contributed by atoms with Crippen molar-refractivity contribution in [2.75, 3.05) is 13.2 Å². The number of hydrogen-bond donors (Lipinski definition) is 2. The Hall–Kier alpha value is -3.25. The number of fused-ring (bicyclic) bond motifs is 1. The van der Waals surface area contributed by atoms with Crippen LogP contribution in [0.2, 0.25) is 0 Å². The molecule has 1 amide bonds. The van der Waals surface area contributed by atoms with E-state index in [2.05, 4.69) is 5.32 Å². The highest BCUT2D eigenvalue weighted by Gasteiger charge is 2.52. The number of furan rings is 1. The molecule has 6 unspecified atom stereocenters. The maximum absolute atomic E-state index is 12.0. The summed E-state index contributed by atoms with van der Waals surface area (Å²) in [7, 11) is 0. The third-order valence-electron chi connectivity index (χ3n) is 5.40. The Morgan fingerprint density at radius 3 is 2.50 bits per heavy atom. The molecule has 2 saturated heterocycles. The van der Waals surface area contributed by atoms with Gasteiger partial charge >= 0.3 is 5.97 Å². The van der Waals surface area contributed by atoms with Gasteiger partial charge in [0.2, 0.25) is 18.5 Å². The molecular formula is C23H25NO10. The van der Waals surface area contributed by atoms with Crippen LogP contribution in [0.3, 0.4) is 0 Å². The van der Waals surface area contributed by atoms with Crippen LogP contribution in [0.5, 0.6) is 5.75 Å². The fourth-order valence-corrected chi connectivity index (χ4v) is 3.90. The number of ketones is 1.